The lowest BCUT2D eigenvalue weighted by Gasteiger charge is -2.00. The van der Waals surface area contributed by atoms with E-state index < -0.39 is 0 Å². The SMILES string of the molecule is CC(C)c1cccnc1.CC(C)c1cnccn1. The fourth-order valence-corrected chi connectivity index (χ4v) is 1.33. The summed E-state index contributed by atoms with van der Waals surface area (Å²) in [5, 5.41) is 0. The molecule has 2 aromatic rings. The van der Waals surface area contributed by atoms with E-state index in [1.165, 1.54) is 5.56 Å². The van der Waals surface area contributed by atoms with Gasteiger partial charge in [-0.3, -0.25) is 15.0 Å². The molecule has 2 heterocycles. The molecule has 2 aromatic heterocycles. The number of nitrogens with zero attached hydrogens (tertiary/aromatic N) is 3. The summed E-state index contributed by atoms with van der Waals surface area (Å²) in [7, 11) is 0. The van der Waals surface area contributed by atoms with E-state index in [4.69, 9.17) is 0 Å². The van der Waals surface area contributed by atoms with Crippen molar-refractivity contribution >= 4 is 0 Å². The molecule has 0 saturated heterocycles. The predicted octanol–water partition coefficient (Wildman–Crippen LogP) is 3.81. The van der Waals surface area contributed by atoms with E-state index in [-0.39, 0.29) is 0 Å². The van der Waals surface area contributed by atoms with Crippen LogP contribution < -0.4 is 0 Å². The van der Waals surface area contributed by atoms with E-state index in [0.29, 0.717) is 11.8 Å². The Bertz CT molecular complexity index is 381. The van der Waals surface area contributed by atoms with Gasteiger partial charge in [-0.1, -0.05) is 33.8 Å². The molecule has 0 saturated carbocycles. The van der Waals surface area contributed by atoms with Gasteiger partial charge in [0.2, 0.25) is 0 Å². The Morgan fingerprint density at radius 3 is 1.89 bits per heavy atom. The Balaban J connectivity index is 0.000000180. The fourth-order valence-electron chi connectivity index (χ4n) is 1.33. The second kappa shape index (κ2) is 7.54. The predicted molar refractivity (Wildman–Crippen MR) is 74.4 cm³/mol. The lowest BCUT2D eigenvalue weighted by Crippen LogP contribution is -1.91. The molecule has 0 aliphatic heterocycles. The maximum absolute atomic E-state index is 4.12. The summed E-state index contributed by atoms with van der Waals surface area (Å²) in [5.74, 6) is 1.08. The van der Waals surface area contributed by atoms with Crippen LogP contribution in [0.1, 0.15) is 50.8 Å². The van der Waals surface area contributed by atoms with E-state index in [1.54, 1.807) is 24.8 Å². The molecule has 0 radical (unpaired) electrons. The van der Waals surface area contributed by atoms with Gasteiger partial charge in [-0.05, 0) is 23.5 Å². The van der Waals surface area contributed by atoms with Crippen molar-refractivity contribution in [3.8, 4) is 0 Å². The third-order valence-electron chi connectivity index (χ3n) is 2.53. The van der Waals surface area contributed by atoms with E-state index in [2.05, 4.69) is 48.7 Å². The quantitative estimate of drug-likeness (QED) is 0.805. The van der Waals surface area contributed by atoms with Crippen molar-refractivity contribution in [2.24, 2.45) is 0 Å². The van der Waals surface area contributed by atoms with Gasteiger partial charge in [-0.15, -0.1) is 0 Å². The van der Waals surface area contributed by atoms with Gasteiger partial charge in [0, 0.05) is 31.0 Å². The molecule has 0 aliphatic rings. The average molecular weight is 243 g/mol. The zero-order chi connectivity index (χ0) is 13.4. The molecular formula is C15H21N3. The molecule has 0 spiro atoms. The molecular weight excluding hydrogens is 222 g/mol. The van der Waals surface area contributed by atoms with E-state index in [1.807, 2.05) is 12.3 Å². The van der Waals surface area contributed by atoms with Gasteiger partial charge in [0.25, 0.3) is 0 Å². The van der Waals surface area contributed by atoms with Crippen molar-refractivity contribution in [3.63, 3.8) is 0 Å². The summed E-state index contributed by atoms with van der Waals surface area (Å²) in [6.07, 6.45) is 8.91. The molecule has 0 fully saturated rings. The van der Waals surface area contributed by atoms with Crippen LogP contribution in [0.25, 0.3) is 0 Å². The van der Waals surface area contributed by atoms with E-state index in [0.717, 1.165) is 5.69 Å². The second-order valence-electron chi connectivity index (χ2n) is 4.73. The minimum atomic E-state index is 0.485. The maximum atomic E-state index is 4.12. The van der Waals surface area contributed by atoms with E-state index in [9.17, 15) is 0 Å². The molecule has 3 nitrogen and oxygen atoms in total. The third kappa shape index (κ3) is 5.04. The van der Waals surface area contributed by atoms with Crippen molar-refractivity contribution < 1.29 is 0 Å². The molecule has 96 valence electrons. The average Bonchev–Trinajstić information content (AvgIpc) is 2.41. The molecule has 3 heteroatoms. The van der Waals surface area contributed by atoms with Gasteiger partial charge < -0.3 is 0 Å². The Hall–Kier alpha value is -1.77. The molecule has 18 heavy (non-hydrogen) atoms. The van der Waals surface area contributed by atoms with Crippen molar-refractivity contribution in [2.45, 2.75) is 39.5 Å². The van der Waals surface area contributed by atoms with Crippen LogP contribution in [0.5, 0.6) is 0 Å². The van der Waals surface area contributed by atoms with Gasteiger partial charge in [-0.2, -0.15) is 0 Å². The zero-order valence-electron chi connectivity index (χ0n) is 11.5. The van der Waals surface area contributed by atoms with Gasteiger partial charge in [0.15, 0.2) is 0 Å². The monoisotopic (exact) mass is 243 g/mol. The van der Waals surface area contributed by atoms with Gasteiger partial charge in [0.05, 0.1) is 5.69 Å². The fraction of sp³-hybridized carbons (Fsp3) is 0.400. The largest absolute Gasteiger partial charge is 0.264 e. The van der Waals surface area contributed by atoms with Crippen molar-refractivity contribution in [1.29, 1.82) is 0 Å². The highest BCUT2D eigenvalue weighted by Crippen LogP contribution is 2.10. The third-order valence-corrected chi connectivity index (χ3v) is 2.53. The summed E-state index contributed by atoms with van der Waals surface area (Å²) in [6.45, 7) is 8.53. The summed E-state index contributed by atoms with van der Waals surface area (Å²) in [4.78, 5) is 12.1. The van der Waals surface area contributed by atoms with Crippen molar-refractivity contribution in [3.05, 3.63) is 54.4 Å². The van der Waals surface area contributed by atoms with Crippen molar-refractivity contribution in [2.75, 3.05) is 0 Å². The highest BCUT2D eigenvalue weighted by Gasteiger charge is 1.96. The van der Waals surface area contributed by atoms with Crippen LogP contribution in [0, 0.1) is 0 Å². The zero-order valence-corrected chi connectivity index (χ0v) is 11.5. The van der Waals surface area contributed by atoms with Crippen LogP contribution in [0.15, 0.2) is 43.1 Å². The summed E-state index contributed by atoms with van der Waals surface area (Å²) < 4.78 is 0. The Labute approximate surface area is 109 Å². The normalized spacial score (nSPS) is 10.1. The molecule has 0 bridgehead atoms. The summed E-state index contributed by atoms with van der Waals surface area (Å²) in [6, 6.07) is 4.06. The van der Waals surface area contributed by atoms with Crippen LogP contribution in [0.2, 0.25) is 0 Å². The maximum Gasteiger partial charge on any atom is 0.0612 e. The number of rotatable bonds is 2. The first kappa shape index (κ1) is 14.3. The van der Waals surface area contributed by atoms with E-state index >= 15 is 0 Å². The summed E-state index contributed by atoms with van der Waals surface area (Å²) in [5.41, 5.74) is 2.36. The molecule has 0 N–H and O–H groups in total. The minimum absolute atomic E-state index is 0.485. The van der Waals surface area contributed by atoms with Crippen LogP contribution in [-0.2, 0) is 0 Å². The molecule has 0 atom stereocenters. The highest BCUT2D eigenvalue weighted by atomic mass is 14.8. The smallest absolute Gasteiger partial charge is 0.0612 e. The van der Waals surface area contributed by atoms with Crippen LogP contribution in [-0.4, -0.2) is 15.0 Å². The Morgan fingerprint density at radius 2 is 1.56 bits per heavy atom. The lowest BCUT2D eigenvalue weighted by molar-refractivity contribution is 0.812. The number of hydrogen-bond donors (Lipinski definition) is 0. The van der Waals surface area contributed by atoms with Gasteiger partial charge >= 0.3 is 0 Å². The topological polar surface area (TPSA) is 38.7 Å². The van der Waals surface area contributed by atoms with Gasteiger partial charge in [0.1, 0.15) is 0 Å². The minimum Gasteiger partial charge on any atom is -0.264 e. The first-order chi connectivity index (χ1) is 8.61. The molecule has 0 aliphatic carbocycles. The first-order valence-corrected chi connectivity index (χ1v) is 6.27. The highest BCUT2D eigenvalue weighted by molar-refractivity contribution is 5.12. The number of hydrogen-bond acceptors (Lipinski definition) is 3. The number of pyridine rings is 1. The lowest BCUT2D eigenvalue weighted by atomic mass is 10.1. The summed E-state index contributed by atoms with van der Waals surface area (Å²) >= 11 is 0. The Morgan fingerprint density at radius 1 is 0.833 bits per heavy atom. The van der Waals surface area contributed by atoms with Crippen molar-refractivity contribution in [1.82, 2.24) is 15.0 Å². The van der Waals surface area contributed by atoms with Crippen LogP contribution in [0.3, 0.4) is 0 Å². The Kier molecular flexibility index (Phi) is 5.98. The molecule has 0 amide bonds. The van der Waals surface area contributed by atoms with Crippen LogP contribution >= 0.6 is 0 Å². The number of aromatic nitrogens is 3. The standard InChI is InChI=1S/C8H11N.C7H10N2/c1-7(2)8-4-3-5-9-6-8;1-6(2)7-5-8-3-4-9-7/h3-7H,1-2H3;3-6H,1-2H3. The molecule has 2 rings (SSSR count). The molecule has 0 unspecified atom stereocenters. The van der Waals surface area contributed by atoms with Gasteiger partial charge in [-0.25, -0.2) is 0 Å². The first-order valence-electron chi connectivity index (χ1n) is 6.27. The molecule has 0 aromatic carbocycles. The van der Waals surface area contributed by atoms with Crippen LogP contribution in [0.4, 0.5) is 0 Å². The second-order valence-corrected chi connectivity index (χ2v) is 4.73.